The highest BCUT2D eigenvalue weighted by Gasteiger charge is 2.19. The van der Waals surface area contributed by atoms with Crippen LogP contribution in [0.25, 0.3) is 0 Å². The van der Waals surface area contributed by atoms with E-state index in [1.807, 2.05) is 19.1 Å². The molecule has 3 rings (SSSR count). The normalized spacial score (nSPS) is 11.5. The maximum absolute atomic E-state index is 13.6. The second kappa shape index (κ2) is 9.80. The molecule has 3 aromatic rings. The highest BCUT2D eigenvalue weighted by atomic mass is 19.1. The number of halogens is 2. The molecule has 3 aromatic carbocycles. The first-order valence-electron chi connectivity index (χ1n) is 9.71. The number of hydrogen-bond donors (Lipinski definition) is 0. The summed E-state index contributed by atoms with van der Waals surface area (Å²) in [6.45, 7) is 2.54. The van der Waals surface area contributed by atoms with Crippen LogP contribution in [-0.2, 0) is 17.9 Å². The van der Waals surface area contributed by atoms with E-state index in [-0.39, 0.29) is 36.4 Å². The minimum Gasteiger partial charge on any atom is -0.334 e. The van der Waals surface area contributed by atoms with Gasteiger partial charge in [-0.25, -0.2) is 8.78 Å². The Balaban J connectivity index is 1.78. The fourth-order valence-corrected chi connectivity index (χ4v) is 3.29. The quantitative estimate of drug-likeness (QED) is 0.518. The molecule has 30 heavy (non-hydrogen) atoms. The maximum Gasteiger partial charge on any atom is 0.223 e. The van der Waals surface area contributed by atoms with E-state index in [0.29, 0.717) is 17.7 Å². The van der Waals surface area contributed by atoms with Crippen LogP contribution < -0.4 is 0 Å². The predicted octanol–water partition coefficient (Wildman–Crippen LogP) is 5.56. The molecule has 0 aromatic heterocycles. The summed E-state index contributed by atoms with van der Waals surface area (Å²) >= 11 is 0. The number of rotatable bonds is 7. The van der Waals surface area contributed by atoms with Crippen LogP contribution in [-0.4, -0.2) is 10.8 Å². The lowest BCUT2D eigenvalue weighted by atomic mass is 9.97. The number of amides is 1. The summed E-state index contributed by atoms with van der Waals surface area (Å²) in [6, 6.07) is 21.5. The van der Waals surface area contributed by atoms with Crippen molar-refractivity contribution in [3.63, 3.8) is 0 Å². The van der Waals surface area contributed by atoms with Gasteiger partial charge in [0.1, 0.15) is 11.6 Å². The van der Waals surface area contributed by atoms with Gasteiger partial charge >= 0.3 is 0 Å². The number of benzene rings is 3. The molecular weight excluding hydrogens is 382 g/mol. The smallest absolute Gasteiger partial charge is 0.223 e. The fourth-order valence-electron chi connectivity index (χ4n) is 3.29. The third kappa shape index (κ3) is 5.74. The zero-order chi connectivity index (χ0) is 21.5. The number of carbonyl (C=O) groups excluding carboxylic acids is 1. The van der Waals surface area contributed by atoms with E-state index < -0.39 is 0 Å². The van der Waals surface area contributed by atoms with Crippen LogP contribution in [0.3, 0.4) is 0 Å². The van der Waals surface area contributed by atoms with Crippen LogP contribution in [0.4, 0.5) is 8.78 Å². The maximum atomic E-state index is 13.6. The zero-order valence-electron chi connectivity index (χ0n) is 16.7. The molecule has 0 bridgehead atoms. The number of nitrogens with zero attached hydrogens (tertiary/aromatic N) is 2. The summed E-state index contributed by atoms with van der Waals surface area (Å²) < 4.78 is 26.8. The van der Waals surface area contributed by atoms with Gasteiger partial charge < -0.3 is 4.90 Å². The molecule has 0 saturated heterocycles. The van der Waals surface area contributed by atoms with Crippen molar-refractivity contribution in [2.75, 3.05) is 0 Å². The third-order valence-corrected chi connectivity index (χ3v) is 4.99. The molecule has 0 aliphatic heterocycles. The molecule has 0 radical (unpaired) electrons. The first-order valence-corrected chi connectivity index (χ1v) is 9.71. The van der Waals surface area contributed by atoms with Gasteiger partial charge in [-0.05, 0) is 59.0 Å². The van der Waals surface area contributed by atoms with E-state index >= 15 is 0 Å². The van der Waals surface area contributed by atoms with Gasteiger partial charge in [0.2, 0.25) is 5.91 Å². The monoisotopic (exact) mass is 404 g/mol. The van der Waals surface area contributed by atoms with Gasteiger partial charge in [0.25, 0.3) is 0 Å². The van der Waals surface area contributed by atoms with Crippen LogP contribution in [0.1, 0.15) is 41.5 Å². The Morgan fingerprint density at radius 3 is 2.23 bits per heavy atom. The lowest BCUT2D eigenvalue weighted by Gasteiger charge is -2.25. The highest BCUT2D eigenvalue weighted by molar-refractivity contribution is 5.77. The predicted molar refractivity (Wildman–Crippen MR) is 111 cm³/mol. The van der Waals surface area contributed by atoms with Gasteiger partial charge in [0.15, 0.2) is 0 Å². The number of hydrogen-bond acceptors (Lipinski definition) is 2. The molecule has 0 saturated carbocycles. The second-order valence-corrected chi connectivity index (χ2v) is 7.35. The van der Waals surface area contributed by atoms with E-state index in [0.717, 1.165) is 11.1 Å². The van der Waals surface area contributed by atoms with Crippen molar-refractivity contribution in [3.05, 3.63) is 107 Å². The zero-order valence-corrected chi connectivity index (χ0v) is 16.7. The summed E-state index contributed by atoms with van der Waals surface area (Å²) in [7, 11) is 0. The molecule has 1 atom stereocenters. The highest BCUT2D eigenvalue weighted by Crippen LogP contribution is 2.22. The lowest BCUT2D eigenvalue weighted by molar-refractivity contribution is -0.132. The van der Waals surface area contributed by atoms with E-state index in [2.05, 4.69) is 6.07 Å². The van der Waals surface area contributed by atoms with Crippen molar-refractivity contribution >= 4 is 5.91 Å². The Morgan fingerprint density at radius 1 is 0.933 bits per heavy atom. The Hall–Kier alpha value is -3.52. The van der Waals surface area contributed by atoms with Crippen LogP contribution in [0.15, 0.2) is 72.8 Å². The molecule has 0 N–H and O–H groups in total. The van der Waals surface area contributed by atoms with Gasteiger partial charge in [-0.15, -0.1) is 0 Å². The van der Waals surface area contributed by atoms with E-state index in [9.17, 15) is 13.6 Å². The largest absolute Gasteiger partial charge is 0.334 e. The third-order valence-electron chi connectivity index (χ3n) is 4.99. The first-order chi connectivity index (χ1) is 14.4. The molecule has 5 heteroatoms. The second-order valence-electron chi connectivity index (χ2n) is 7.35. The molecule has 0 fully saturated rings. The summed E-state index contributed by atoms with van der Waals surface area (Å²) in [6.07, 6.45) is 0.247. The Morgan fingerprint density at radius 2 is 1.60 bits per heavy atom. The SMILES string of the molecule is CC(CC(=O)N(Cc1ccc(C#N)cc1)Cc1cccc(F)c1)c1ccc(F)cc1. The Labute approximate surface area is 175 Å². The first kappa shape index (κ1) is 21.2. The minimum absolute atomic E-state index is 0.0829. The Kier molecular flexibility index (Phi) is 6.92. The van der Waals surface area contributed by atoms with E-state index in [1.54, 1.807) is 41.3 Å². The molecule has 0 spiro atoms. The van der Waals surface area contributed by atoms with E-state index in [1.165, 1.54) is 24.3 Å². The van der Waals surface area contributed by atoms with Gasteiger partial charge in [-0.3, -0.25) is 4.79 Å². The van der Waals surface area contributed by atoms with Crippen LogP contribution in [0.2, 0.25) is 0 Å². The molecule has 1 unspecified atom stereocenters. The summed E-state index contributed by atoms with van der Waals surface area (Å²) in [5, 5.41) is 8.97. The molecule has 0 aliphatic rings. The average Bonchev–Trinajstić information content (AvgIpc) is 2.74. The lowest BCUT2D eigenvalue weighted by Crippen LogP contribution is -2.31. The van der Waals surface area contributed by atoms with Crippen LogP contribution >= 0.6 is 0 Å². The van der Waals surface area contributed by atoms with Gasteiger partial charge in [-0.1, -0.05) is 43.3 Å². The van der Waals surface area contributed by atoms with Crippen molar-refractivity contribution in [2.24, 2.45) is 0 Å². The average molecular weight is 404 g/mol. The topological polar surface area (TPSA) is 44.1 Å². The minimum atomic E-state index is -0.349. The number of carbonyl (C=O) groups is 1. The van der Waals surface area contributed by atoms with Crippen molar-refractivity contribution in [1.29, 1.82) is 5.26 Å². The molecule has 3 nitrogen and oxygen atoms in total. The molecule has 0 heterocycles. The van der Waals surface area contributed by atoms with Crippen molar-refractivity contribution in [3.8, 4) is 6.07 Å². The van der Waals surface area contributed by atoms with Gasteiger partial charge in [0, 0.05) is 19.5 Å². The van der Waals surface area contributed by atoms with E-state index in [4.69, 9.17) is 5.26 Å². The standard InChI is InChI=1S/C25H22F2N2O/c1-18(22-9-11-23(26)12-10-22)13-25(30)29(17-21-3-2-4-24(27)14-21)16-20-7-5-19(15-28)6-8-20/h2-12,14,18H,13,16-17H2,1H3. The van der Waals surface area contributed by atoms with Crippen molar-refractivity contribution in [2.45, 2.75) is 32.4 Å². The van der Waals surface area contributed by atoms with Crippen LogP contribution in [0.5, 0.6) is 0 Å². The van der Waals surface area contributed by atoms with Crippen LogP contribution in [0, 0.1) is 23.0 Å². The molecular formula is C25H22F2N2O. The van der Waals surface area contributed by atoms with Crippen molar-refractivity contribution in [1.82, 2.24) is 4.90 Å². The number of nitriles is 1. The molecule has 0 aliphatic carbocycles. The summed E-state index contributed by atoms with van der Waals surface area (Å²) in [5.74, 6) is -0.835. The van der Waals surface area contributed by atoms with Crippen molar-refractivity contribution < 1.29 is 13.6 Å². The summed E-state index contributed by atoms with van der Waals surface area (Å²) in [5.41, 5.74) is 3.01. The fraction of sp³-hybridized carbons (Fsp3) is 0.200. The summed E-state index contributed by atoms with van der Waals surface area (Å²) in [4.78, 5) is 14.8. The molecule has 1 amide bonds. The molecule has 152 valence electrons. The van der Waals surface area contributed by atoms with Gasteiger partial charge in [-0.2, -0.15) is 5.26 Å². The van der Waals surface area contributed by atoms with Gasteiger partial charge in [0.05, 0.1) is 11.6 Å². The Bertz CT molecular complexity index is 1040.